The van der Waals surface area contributed by atoms with Crippen LogP contribution in [0.15, 0.2) is 22.6 Å². The molecular weight excluding hydrogens is 316 g/mol. The quantitative estimate of drug-likeness (QED) is 0.895. The van der Waals surface area contributed by atoms with Gasteiger partial charge in [0, 0.05) is 5.56 Å². The van der Waals surface area contributed by atoms with Gasteiger partial charge in [0.05, 0.1) is 0 Å². The molecule has 0 aliphatic rings. The summed E-state index contributed by atoms with van der Waals surface area (Å²) in [6, 6.07) is 7.95. The first-order valence-electron chi connectivity index (χ1n) is 8.17. The number of ether oxygens (including phenoxy) is 1. The molecule has 0 saturated heterocycles. The summed E-state index contributed by atoms with van der Waals surface area (Å²) in [7, 11) is 0. The Labute approximate surface area is 148 Å². The van der Waals surface area contributed by atoms with E-state index in [0.29, 0.717) is 17.1 Å². The zero-order chi connectivity index (χ0) is 18.8. The number of nitriles is 1. The van der Waals surface area contributed by atoms with Crippen molar-refractivity contribution in [1.29, 1.82) is 5.26 Å². The molecular formula is C20H24N2O3. The summed E-state index contributed by atoms with van der Waals surface area (Å²) >= 11 is 0. The highest BCUT2D eigenvalue weighted by atomic mass is 16.5. The molecule has 0 aliphatic heterocycles. The Balaban J connectivity index is 2.12. The van der Waals surface area contributed by atoms with Crippen molar-refractivity contribution in [2.24, 2.45) is 0 Å². The molecule has 5 heteroatoms. The van der Waals surface area contributed by atoms with Crippen LogP contribution in [0, 0.1) is 32.1 Å². The number of carbonyl (C=O) groups is 1. The van der Waals surface area contributed by atoms with Crippen LogP contribution in [0.3, 0.4) is 0 Å². The number of hydrogen-bond acceptors (Lipinski definition) is 4. The van der Waals surface area contributed by atoms with E-state index in [-0.39, 0.29) is 23.8 Å². The van der Waals surface area contributed by atoms with Gasteiger partial charge in [-0.15, -0.1) is 0 Å². The molecule has 2 aromatic rings. The van der Waals surface area contributed by atoms with Crippen LogP contribution in [-0.4, -0.2) is 12.5 Å². The fourth-order valence-corrected chi connectivity index (χ4v) is 2.51. The molecule has 5 nitrogen and oxygen atoms in total. The molecule has 25 heavy (non-hydrogen) atoms. The van der Waals surface area contributed by atoms with Crippen molar-refractivity contribution in [1.82, 2.24) is 0 Å². The molecule has 0 saturated carbocycles. The summed E-state index contributed by atoms with van der Waals surface area (Å²) in [4.78, 5) is 12.2. The fraction of sp³-hybridized carbons (Fsp3) is 0.400. The van der Waals surface area contributed by atoms with Crippen LogP contribution in [0.2, 0.25) is 0 Å². The van der Waals surface area contributed by atoms with Crippen LogP contribution in [0.5, 0.6) is 5.75 Å². The van der Waals surface area contributed by atoms with E-state index >= 15 is 0 Å². The van der Waals surface area contributed by atoms with Gasteiger partial charge in [0.2, 0.25) is 5.88 Å². The van der Waals surface area contributed by atoms with Crippen molar-refractivity contribution < 1.29 is 13.9 Å². The maximum absolute atomic E-state index is 12.2. The van der Waals surface area contributed by atoms with Crippen LogP contribution in [-0.2, 0) is 10.2 Å². The standard InChI is InChI=1S/C20H24N2O3/c1-12-7-8-17(16(9-12)20(4,5)6)24-11-18(23)22-19-15(10-21)13(2)14(3)25-19/h7-9H,11H2,1-6H3,(H,22,23). The third kappa shape index (κ3) is 4.21. The average molecular weight is 340 g/mol. The monoisotopic (exact) mass is 340 g/mol. The Morgan fingerprint density at radius 1 is 1.28 bits per heavy atom. The van der Waals surface area contributed by atoms with Crippen LogP contribution in [0.4, 0.5) is 5.88 Å². The number of anilines is 1. The van der Waals surface area contributed by atoms with E-state index in [1.165, 1.54) is 0 Å². The zero-order valence-corrected chi connectivity index (χ0v) is 15.6. The number of furan rings is 1. The van der Waals surface area contributed by atoms with Crippen molar-refractivity contribution in [3.05, 3.63) is 46.2 Å². The van der Waals surface area contributed by atoms with E-state index in [2.05, 4.69) is 32.2 Å². The largest absolute Gasteiger partial charge is 0.483 e. The lowest BCUT2D eigenvalue weighted by Crippen LogP contribution is -2.22. The van der Waals surface area contributed by atoms with Gasteiger partial charge in [-0.05, 0) is 37.8 Å². The van der Waals surface area contributed by atoms with Gasteiger partial charge in [0.1, 0.15) is 23.1 Å². The van der Waals surface area contributed by atoms with E-state index in [0.717, 1.165) is 16.7 Å². The highest BCUT2D eigenvalue weighted by Crippen LogP contribution is 2.32. The Morgan fingerprint density at radius 2 is 1.96 bits per heavy atom. The molecule has 0 spiro atoms. The second kappa shape index (κ2) is 7.02. The molecule has 1 heterocycles. The van der Waals surface area contributed by atoms with Crippen molar-refractivity contribution >= 4 is 11.8 Å². The number of carbonyl (C=O) groups excluding carboxylic acids is 1. The van der Waals surface area contributed by atoms with Gasteiger partial charge in [0.25, 0.3) is 5.91 Å². The lowest BCUT2D eigenvalue weighted by molar-refractivity contribution is -0.118. The van der Waals surface area contributed by atoms with E-state index < -0.39 is 0 Å². The molecule has 0 unspecified atom stereocenters. The molecule has 1 aromatic heterocycles. The van der Waals surface area contributed by atoms with Crippen LogP contribution < -0.4 is 10.1 Å². The van der Waals surface area contributed by atoms with Gasteiger partial charge in [-0.3, -0.25) is 10.1 Å². The molecule has 1 N–H and O–H groups in total. The van der Waals surface area contributed by atoms with Crippen LogP contribution in [0.1, 0.15) is 48.8 Å². The summed E-state index contributed by atoms with van der Waals surface area (Å²) in [5.74, 6) is 1.10. The maximum atomic E-state index is 12.2. The van der Waals surface area contributed by atoms with Gasteiger partial charge in [-0.25, -0.2) is 0 Å². The first kappa shape index (κ1) is 18.6. The molecule has 0 radical (unpaired) electrons. The highest BCUT2D eigenvalue weighted by molar-refractivity contribution is 5.92. The molecule has 0 bridgehead atoms. The summed E-state index contributed by atoms with van der Waals surface area (Å²) < 4.78 is 11.2. The maximum Gasteiger partial charge on any atom is 0.264 e. The van der Waals surface area contributed by atoms with E-state index in [4.69, 9.17) is 9.15 Å². The number of nitrogens with zero attached hydrogens (tertiary/aromatic N) is 1. The smallest absolute Gasteiger partial charge is 0.264 e. The predicted molar refractivity (Wildman–Crippen MR) is 96.9 cm³/mol. The number of nitrogens with one attached hydrogen (secondary N) is 1. The Bertz CT molecular complexity index is 836. The molecule has 132 valence electrons. The first-order chi connectivity index (χ1) is 11.6. The summed E-state index contributed by atoms with van der Waals surface area (Å²) in [5, 5.41) is 11.8. The number of amides is 1. The summed E-state index contributed by atoms with van der Waals surface area (Å²) in [5.41, 5.74) is 3.16. The second-order valence-electron chi connectivity index (χ2n) is 7.19. The predicted octanol–water partition coefficient (Wildman–Crippen LogP) is 4.39. The molecule has 1 aromatic carbocycles. The average Bonchev–Trinajstić information content (AvgIpc) is 2.79. The number of rotatable bonds is 4. The minimum absolute atomic E-state index is 0.0962. The molecule has 0 aliphatic carbocycles. The Morgan fingerprint density at radius 3 is 2.56 bits per heavy atom. The van der Waals surface area contributed by atoms with E-state index in [1.54, 1.807) is 13.8 Å². The van der Waals surface area contributed by atoms with Crippen LogP contribution in [0.25, 0.3) is 0 Å². The van der Waals surface area contributed by atoms with Gasteiger partial charge < -0.3 is 9.15 Å². The minimum Gasteiger partial charge on any atom is -0.483 e. The third-order valence-corrected chi connectivity index (χ3v) is 4.05. The lowest BCUT2D eigenvalue weighted by Gasteiger charge is -2.23. The number of benzene rings is 1. The second-order valence-corrected chi connectivity index (χ2v) is 7.19. The molecule has 0 atom stereocenters. The highest BCUT2D eigenvalue weighted by Gasteiger charge is 2.21. The van der Waals surface area contributed by atoms with Gasteiger partial charge in [0.15, 0.2) is 6.61 Å². The van der Waals surface area contributed by atoms with Crippen molar-refractivity contribution in [3.63, 3.8) is 0 Å². The third-order valence-electron chi connectivity index (χ3n) is 4.05. The number of hydrogen-bond donors (Lipinski definition) is 1. The summed E-state index contributed by atoms with van der Waals surface area (Å²) in [6.07, 6.45) is 0. The molecule has 2 rings (SSSR count). The van der Waals surface area contributed by atoms with Crippen molar-refractivity contribution in [3.8, 4) is 11.8 Å². The van der Waals surface area contributed by atoms with Gasteiger partial charge in [-0.2, -0.15) is 5.26 Å². The molecule has 1 amide bonds. The first-order valence-corrected chi connectivity index (χ1v) is 8.17. The lowest BCUT2D eigenvalue weighted by atomic mass is 9.85. The minimum atomic E-state index is -0.370. The van der Waals surface area contributed by atoms with E-state index in [9.17, 15) is 10.1 Å². The fourth-order valence-electron chi connectivity index (χ4n) is 2.51. The van der Waals surface area contributed by atoms with Gasteiger partial charge >= 0.3 is 0 Å². The zero-order valence-electron chi connectivity index (χ0n) is 15.6. The normalized spacial score (nSPS) is 11.1. The summed E-state index contributed by atoms with van der Waals surface area (Å²) in [6.45, 7) is 11.7. The SMILES string of the molecule is Cc1ccc(OCC(=O)Nc2oc(C)c(C)c2C#N)c(C(C)(C)C)c1. The van der Waals surface area contributed by atoms with E-state index in [1.807, 2.05) is 25.1 Å². The van der Waals surface area contributed by atoms with Crippen LogP contribution >= 0.6 is 0 Å². The molecule has 0 fully saturated rings. The Hall–Kier alpha value is -2.74. The van der Waals surface area contributed by atoms with Gasteiger partial charge in [-0.1, -0.05) is 38.5 Å². The van der Waals surface area contributed by atoms with Crippen molar-refractivity contribution in [2.75, 3.05) is 11.9 Å². The Kier molecular flexibility index (Phi) is 5.22. The number of aryl methyl sites for hydroxylation is 2. The topological polar surface area (TPSA) is 75.3 Å². The van der Waals surface area contributed by atoms with Crippen molar-refractivity contribution in [2.45, 2.75) is 47.0 Å².